The number of nitrogens with zero attached hydrogens (tertiary/aromatic N) is 3. The van der Waals surface area contributed by atoms with Gasteiger partial charge in [-0.3, -0.25) is 14.4 Å². The van der Waals surface area contributed by atoms with E-state index in [4.69, 9.17) is 14.2 Å². The molecule has 4 N–H and O–H groups in total. The van der Waals surface area contributed by atoms with E-state index in [0.29, 0.717) is 50.6 Å². The SMILES string of the molecule is COc1c(N2CCC/C(=C(\F)CNC(=O)C3CCCN3C(=O)[C@H](CCCCNC(=O)OC(C)(C)C)NC(=O)OC(C)(C)C)C2)c(F)cc2c(=O)c(C(=O)O)cn(C3CC3)c12. The number of carboxylic acid groups (broad SMARTS) is 1. The lowest BCUT2D eigenvalue weighted by Gasteiger charge is -2.33. The number of aromatic carboxylic acids is 1. The maximum atomic E-state index is 16.0. The van der Waals surface area contributed by atoms with Gasteiger partial charge in [0.05, 0.1) is 24.6 Å². The van der Waals surface area contributed by atoms with Gasteiger partial charge in [0.15, 0.2) is 11.6 Å². The number of ether oxygens (including phenoxy) is 3. The van der Waals surface area contributed by atoms with Gasteiger partial charge in [0.2, 0.25) is 17.2 Å². The van der Waals surface area contributed by atoms with Gasteiger partial charge in [0, 0.05) is 38.4 Å². The zero-order valence-electron chi connectivity index (χ0n) is 35.5. The maximum absolute atomic E-state index is 16.0. The zero-order chi connectivity index (χ0) is 44.1. The number of aromatic nitrogens is 1. The number of methoxy groups -OCH3 is 1. The summed E-state index contributed by atoms with van der Waals surface area (Å²) in [7, 11) is 1.33. The number of alkyl carbamates (subject to hydrolysis) is 2. The van der Waals surface area contributed by atoms with Crippen LogP contribution in [0.2, 0.25) is 0 Å². The van der Waals surface area contributed by atoms with Crippen molar-refractivity contribution in [2.24, 2.45) is 0 Å². The van der Waals surface area contributed by atoms with Crippen LogP contribution in [-0.2, 0) is 19.1 Å². The molecule has 2 aliphatic heterocycles. The molecule has 0 bridgehead atoms. The number of carbonyl (C=O) groups is 5. The standard InChI is InChI=1S/C42H58F2N6O10/c1-41(2,3)59-39(56)45-17-9-8-13-30(47-40(57)60-42(4,5)6)37(53)49-19-11-14-31(49)36(52)46-21-29(44)24-12-10-18-48(22-24)33-28(43)20-26-32(35(33)58-7)50(25-15-16-25)23-27(34(26)51)38(54)55/h20,23,25,30-31H,8-19,21-22H2,1-7H3,(H,45,56)(H,46,52)(H,47,57)(H,54,55)/b29-24+/t30-,31?/m0/s1. The molecule has 5 rings (SSSR count). The van der Waals surface area contributed by atoms with Crippen LogP contribution in [0.5, 0.6) is 5.75 Å². The van der Waals surface area contributed by atoms with Gasteiger partial charge in [0.1, 0.15) is 40.4 Å². The van der Waals surface area contributed by atoms with E-state index in [9.17, 15) is 33.9 Å². The molecule has 2 aromatic rings. The monoisotopic (exact) mass is 844 g/mol. The van der Waals surface area contributed by atoms with Crippen LogP contribution < -0.4 is 31.0 Å². The molecule has 1 saturated carbocycles. The largest absolute Gasteiger partial charge is 0.492 e. The van der Waals surface area contributed by atoms with E-state index in [1.807, 2.05) is 0 Å². The summed E-state index contributed by atoms with van der Waals surface area (Å²) in [6.45, 7) is 10.7. The Balaban J connectivity index is 1.27. The van der Waals surface area contributed by atoms with Crippen LogP contribution in [0.3, 0.4) is 0 Å². The Morgan fingerprint density at radius 1 is 0.950 bits per heavy atom. The van der Waals surface area contributed by atoms with Crippen LogP contribution in [0.1, 0.15) is 116 Å². The Morgan fingerprint density at radius 3 is 2.27 bits per heavy atom. The predicted molar refractivity (Wildman–Crippen MR) is 219 cm³/mol. The molecule has 16 nitrogen and oxygen atoms in total. The molecule has 18 heteroatoms. The van der Waals surface area contributed by atoms with Crippen molar-refractivity contribution < 1.29 is 52.1 Å². The van der Waals surface area contributed by atoms with Gasteiger partial charge in [-0.1, -0.05) is 0 Å². The molecular formula is C42H58F2N6O10. The third-order valence-electron chi connectivity index (χ3n) is 10.4. The van der Waals surface area contributed by atoms with E-state index < -0.39 is 82.4 Å². The Bertz CT molecular complexity index is 2070. The second-order valence-corrected chi connectivity index (χ2v) is 17.5. The summed E-state index contributed by atoms with van der Waals surface area (Å²) in [4.78, 5) is 80.4. The van der Waals surface area contributed by atoms with Crippen molar-refractivity contribution in [1.82, 2.24) is 25.4 Å². The molecule has 1 aromatic carbocycles. The normalized spacial score (nSPS) is 18.4. The predicted octanol–water partition coefficient (Wildman–Crippen LogP) is 5.70. The molecule has 1 aromatic heterocycles. The number of hydrogen-bond donors (Lipinski definition) is 4. The summed E-state index contributed by atoms with van der Waals surface area (Å²) in [5, 5.41) is 17.5. The molecule has 0 spiro atoms. The van der Waals surface area contributed by atoms with Gasteiger partial charge >= 0.3 is 18.2 Å². The number of pyridine rings is 1. The number of rotatable bonds is 14. The van der Waals surface area contributed by atoms with E-state index in [1.54, 1.807) is 51.0 Å². The molecule has 330 valence electrons. The first-order chi connectivity index (χ1) is 28.2. The molecule has 2 atom stereocenters. The summed E-state index contributed by atoms with van der Waals surface area (Å²) < 4.78 is 49.9. The summed E-state index contributed by atoms with van der Waals surface area (Å²) >= 11 is 0. The summed E-state index contributed by atoms with van der Waals surface area (Å²) in [5.41, 5.74) is -2.18. The van der Waals surface area contributed by atoms with Gasteiger partial charge in [-0.05, 0) is 111 Å². The minimum atomic E-state index is -1.42. The number of halogens is 2. The van der Waals surface area contributed by atoms with Crippen LogP contribution in [-0.4, -0.2) is 108 Å². The zero-order valence-corrected chi connectivity index (χ0v) is 35.5. The van der Waals surface area contributed by atoms with Crippen molar-refractivity contribution in [3.8, 4) is 5.75 Å². The number of unbranched alkanes of at least 4 members (excludes halogenated alkanes) is 1. The van der Waals surface area contributed by atoms with Crippen molar-refractivity contribution >= 4 is 46.6 Å². The lowest BCUT2D eigenvalue weighted by Crippen LogP contribution is -2.54. The van der Waals surface area contributed by atoms with E-state index in [-0.39, 0.29) is 54.4 Å². The number of carbonyl (C=O) groups excluding carboxylic acids is 4. The number of amides is 4. The first-order valence-corrected chi connectivity index (χ1v) is 20.5. The van der Waals surface area contributed by atoms with Crippen molar-refractivity contribution in [2.45, 2.75) is 129 Å². The molecule has 2 saturated heterocycles. The van der Waals surface area contributed by atoms with E-state index in [1.165, 1.54) is 18.2 Å². The Hall–Kier alpha value is -5.42. The first kappa shape index (κ1) is 45.7. The average molecular weight is 845 g/mol. The molecule has 3 aliphatic rings. The minimum absolute atomic E-state index is 0.0184. The fourth-order valence-electron chi connectivity index (χ4n) is 7.60. The minimum Gasteiger partial charge on any atom is -0.492 e. The second-order valence-electron chi connectivity index (χ2n) is 17.5. The number of carboxylic acids is 1. The quantitative estimate of drug-likeness (QED) is 0.170. The fraction of sp³-hybridized carbons (Fsp3) is 0.619. The summed E-state index contributed by atoms with van der Waals surface area (Å²) in [6, 6.07) is -1.03. The van der Waals surface area contributed by atoms with Crippen LogP contribution in [0, 0.1) is 5.82 Å². The van der Waals surface area contributed by atoms with Crippen LogP contribution in [0.25, 0.3) is 10.9 Å². The van der Waals surface area contributed by atoms with Crippen LogP contribution in [0.4, 0.5) is 24.1 Å². The van der Waals surface area contributed by atoms with Crippen LogP contribution >= 0.6 is 0 Å². The van der Waals surface area contributed by atoms with Gasteiger partial charge in [0.25, 0.3) is 0 Å². The van der Waals surface area contributed by atoms with E-state index in [2.05, 4.69) is 16.0 Å². The van der Waals surface area contributed by atoms with Gasteiger partial charge in [-0.15, -0.1) is 0 Å². The van der Waals surface area contributed by atoms with Crippen molar-refractivity contribution in [1.29, 1.82) is 0 Å². The second kappa shape index (κ2) is 18.9. The van der Waals surface area contributed by atoms with Crippen molar-refractivity contribution in [2.75, 3.05) is 44.7 Å². The lowest BCUT2D eigenvalue weighted by atomic mass is 10.0. The number of nitrogens with one attached hydrogen (secondary N) is 3. The number of anilines is 1. The van der Waals surface area contributed by atoms with Crippen molar-refractivity contribution in [3.63, 3.8) is 0 Å². The smallest absolute Gasteiger partial charge is 0.408 e. The lowest BCUT2D eigenvalue weighted by molar-refractivity contribution is -0.140. The highest BCUT2D eigenvalue weighted by atomic mass is 19.1. The number of likely N-dealkylation sites (tertiary alicyclic amines) is 1. The topological polar surface area (TPSA) is 198 Å². The van der Waals surface area contributed by atoms with Crippen molar-refractivity contribution in [3.05, 3.63) is 45.3 Å². The average Bonchev–Trinajstić information content (AvgIpc) is 3.89. The van der Waals surface area contributed by atoms with Gasteiger partial charge in [-0.25, -0.2) is 23.2 Å². The molecule has 4 amide bonds. The number of fused-ring (bicyclic) bond motifs is 1. The third kappa shape index (κ3) is 11.4. The maximum Gasteiger partial charge on any atom is 0.408 e. The molecule has 60 heavy (non-hydrogen) atoms. The molecule has 3 heterocycles. The van der Waals surface area contributed by atoms with Gasteiger partial charge in [-0.2, -0.15) is 0 Å². The highest BCUT2D eigenvalue weighted by molar-refractivity contribution is 5.97. The third-order valence-corrected chi connectivity index (χ3v) is 10.4. The number of benzene rings is 1. The van der Waals surface area contributed by atoms with Crippen LogP contribution in [0.15, 0.2) is 28.5 Å². The fourth-order valence-corrected chi connectivity index (χ4v) is 7.60. The molecule has 0 radical (unpaired) electrons. The van der Waals surface area contributed by atoms with E-state index in [0.717, 1.165) is 18.9 Å². The Morgan fingerprint density at radius 2 is 1.63 bits per heavy atom. The summed E-state index contributed by atoms with van der Waals surface area (Å²) in [5.74, 6) is -3.86. The Kier molecular flexibility index (Phi) is 14.4. The highest BCUT2D eigenvalue weighted by Gasteiger charge is 2.38. The molecule has 1 aliphatic carbocycles. The molecular weight excluding hydrogens is 786 g/mol. The molecule has 3 fully saturated rings. The first-order valence-electron chi connectivity index (χ1n) is 20.5. The Labute approximate surface area is 347 Å². The van der Waals surface area contributed by atoms with Gasteiger partial charge < -0.3 is 49.6 Å². The number of hydrogen-bond acceptors (Lipinski definition) is 10. The summed E-state index contributed by atoms with van der Waals surface area (Å²) in [6.07, 6.45) is 4.10. The molecule has 1 unspecified atom stereocenters. The number of piperidine rings is 1. The van der Waals surface area contributed by atoms with E-state index >= 15 is 8.78 Å². The highest BCUT2D eigenvalue weighted by Crippen LogP contribution is 2.44.